The predicted molar refractivity (Wildman–Crippen MR) is 67.7 cm³/mol. The minimum atomic E-state index is -0.121. The van der Waals surface area contributed by atoms with Gasteiger partial charge >= 0.3 is 0 Å². The Labute approximate surface area is 98.5 Å². The average molecular weight is 222 g/mol. The fourth-order valence-electron chi connectivity index (χ4n) is 1.95. The average Bonchev–Trinajstić information content (AvgIpc) is 2.74. The molecule has 0 spiro atoms. The summed E-state index contributed by atoms with van der Waals surface area (Å²) in [5.74, 6) is 5.54. The van der Waals surface area contributed by atoms with Crippen molar-refractivity contribution in [2.75, 3.05) is 6.61 Å². The number of fused-ring (bicyclic) bond motifs is 3. The number of para-hydroxylation sites is 1. The van der Waals surface area contributed by atoms with Gasteiger partial charge in [-0.05, 0) is 24.3 Å². The maximum absolute atomic E-state index is 8.68. The lowest BCUT2D eigenvalue weighted by molar-refractivity contribution is 0.350. The first-order valence-corrected chi connectivity index (χ1v) is 5.39. The summed E-state index contributed by atoms with van der Waals surface area (Å²) in [6.07, 6.45) is 0. The van der Waals surface area contributed by atoms with Crippen LogP contribution in [0.1, 0.15) is 5.56 Å². The Morgan fingerprint density at radius 3 is 2.71 bits per heavy atom. The highest BCUT2D eigenvalue weighted by Crippen LogP contribution is 2.28. The van der Waals surface area contributed by atoms with Crippen LogP contribution in [0, 0.1) is 11.8 Å². The van der Waals surface area contributed by atoms with Gasteiger partial charge in [-0.15, -0.1) is 0 Å². The van der Waals surface area contributed by atoms with Crippen LogP contribution in [0.25, 0.3) is 21.9 Å². The summed E-state index contributed by atoms with van der Waals surface area (Å²) in [6.45, 7) is -0.121. The Morgan fingerprint density at radius 2 is 1.82 bits per heavy atom. The van der Waals surface area contributed by atoms with Crippen molar-refractivity contribution in [1.82, 2.24) is 0 Å². The van der Waals surface area contributed by atoms with Crippen molar-refractivity contribution in [3.8, 4) is 11.8 Å². The third kappa shape index (κ3) is 1.67. The molecule has 2 nitrogen and oxygen atoms in total. The molecule has 0 unspecified atom stereocenters. The van der Waals surface area contributed by atoms with E-state index in [0.29, 0.717) is 0 Å². The number of hydrogen-bond acceptors (Lipinski definition) is 2. The Bertz CT molecular complexity index is 742. The van der Waals surface area contributed by atoms with Crippen LogP contribution in [0.5, 0.6) is 0 Å². The Balaban J connectivity index is 2.30. The molecular weight excluding hydrogens is 212 g/mol. The smallest absolute Gasteiger partial charge is 0.135 e. The van der Waals surface area contributed by atoms with Crippen molar-refractivity contribution in [1.29, 1.82) is 0 Å². The predicted octanol–water partition coefficient (Wildman–Crippen LogP) is 2.93. The molecule has 0 fully saturated rings. The molecule has 0 saturated carbocycles. The molecule has 0 aliphatic heterocycles. The number of furan rings is 1. The maximum Gasteiger partial charge on any atom is 0.135 e. The molecule has 1 aromatic heterocycles. The molecule has 0 bridgehead atoms. The third-order valence-electron chi connectivity index (χ3n) is 2.69. The number of aliphatic hydroxyl groups is 1. The van der Waals surface area contributed by atoms with Crippen LogP contribution in [0.2, 0.25) is 0 Å². The molecule has 2 heteroatoms. The minimum absolute atomic E-state index is 0.121. The SMILES string of the molecule is OCC#Cc1ccc2oc3ccccc3c2c1. The van der Waals surface area contributed by atoms with Crippen molar-refractivity contribution in [2.24, 2.45) is 0 Å². The number of rotatable bonds is 0. The summed E-state index contributed by atoms with van der Waals surface area (Å²) >= 11 is 0. The van der Waals surface area contributed by atoms with E-state index in [0.717, 1.165) is 27.5 Å². The summed E-state index contributed by atoms with van der Waals surface area (Å²) in [7, 11) is 0. The third-order valence-corrected chi connectivity index (χ3v) is 2.69. The van der Waals surface area contributed by atoms with E-state index in [1.807, 2.05) is 42.5 Å². The van der Waals surface area contributed by atoms with E-state index in [2.05, 4.69) is 11.8 Å². The molecule has 0 amide bonds. The first kappa shape index (κ1) is 9.95. The van der Waals surface area contributed by atoms with Gasteiger partial charge < -0.3 is 9.52 Å². The maximum atomic E-state index is 8.68. The molecule has 3 rings (SSSR count). The minimum Gasteiger partial charge on any atom is -0.456 e. The summed E-state index contributed by atoms with van der Waals surface area (Å²) in [6, 6.07) is 13.7. The highest BCUT2D eigenvalue weighted by atomic mass is 16.3. The van der Waals surface area contributed by atoms with Crippen molar-refractivity contribution in [3.63, 3.8) is 0 Å². The number of benzene rings is 2. The van der Waals surface area contributed by atoms with Gasteiger partial charge in [0.25, 0.3) is 0 Å². The van der Waals surface area contributed by atoms with Crippen LogP contribution in [0.15, 0.2) is 46.9 Å². The van der Waals surface area contributed by atoms with E-state index in [1.54, 1.807) is 0 Å². The van der Waals surface area contributed by atoms with Crippen LogP contribution in [-0.2, 0) is 0 Å². The zero-order valence-electron chi connectivity index (χ0n) is 9.10. The first-order valence-electron chi connectivity index (χ1n) is 5.39. The zero-order chi connectivity index (χ0) is 11.7. The highest BCUT2D eigenvalue weighted by Gasteiger charge is 2.05. The molecule has 2 aromatic carbocycles. The second-order valence-electron chi connectivity index (χ2n) is 3.77. The topological polar surface area (TPSA) is 33.4 Å². The lowest BCUT2D eigenvalue weighted by Crippen LogP contribution is -1.76. The second kappa shape index (κ2) is 3.97. The van der Waals surface area contributed by atoms with Crippen LogP contribution < -0.4 is 0 Å². The lowest BCUT2D eigenvalue weighted by Gasteiger charge is -1.91. The molecular formula is C15H10O2. The lowest BCUT2D eigenvalue weighted by atomic mass is 10.1. The number of hydrogen-bond donors (Lipinski definition) is 1. The van der Waals surface area contributed by atoms with Gasteiger partial charge in [0.15, 0.2) is 0 Å². The van der Waals surface area contributed by atoms with Crippen molar-refractivity contribution >= 4 is 21.9 Å². The van der Waals surface area contributed by atoms with E-state index >= 15 is 0 Å². The second-order valence-corrected chi connectivity index (χ2v) is 3.77. The normalized spacial score (nSPS) is 10.4. The summed E-state index contributed by atoms with van der Waals surface area (Å²) in [5.41, 5.74) is 2.63. The van der Waals surface area contributed by atoms with Gasteiger partial charge in [0.05, 0.1) is 0 Å². The molecule has 1 N–H and O–H groups in total. The summed E-state index contributed by atoms with van der Waals surface area (Å²) in [5, 5.41) is 10.8. The van der Waals surface area contributed by atoms with E-state index in [4.69, 9.17) is 9.52 Å². The van der Waals surface area contributed by atoms with E-state index < -0.39 is 0 Å². The van der Waals surface area contributed by atoms with Crippen molar-refractivity contribution in [3.05, 3.63) is 48.0 Å². The standard InChI is InChI=1S/C15H10O2/c16-9-3-4-11-7-8-15-13(10-11)12-5-1-2-6-14(12)17-15/h1-2,5-8,10,16H,9H2. The fraction of sp³-hybridized carbons (Fsp3) is 0.0667. The molecule has 0 aliphatic rings. The zero-order valence-corrected chi connectivity index (χ0v) is 9.10. The van der Waals surface area contributed by atoms with Crippen LogP contribution in [-0.4, -0.2) is 11.7 Å². The Morgan fingerprint density at radius 1 is 1.00 bits per heavy atom. The van der Waals surface area contributed by atoms with Gasteiger partial charge in [-0.2, -0.15) is 0 Å². The summed E-state index contributed by atoms with van der Waals surface area (Å²) < 4.78 is 5.71. The van der Waals surface area contributed by atoms with Gasteiger partial charge in [0, 0.05) is 16.3 Å². The van der Waals surface area contributed by atoms with Crippen LogP contribution in [0.3, 0.4) is 0 Å². The van der Waals surface area contributed by atoms with Crippen LogP contribution in [0.4, 0.5) is 0 Å². The molecule has 0 atom stereocenters. The molecule has 17 heavy (non-hydrogen) atoms. The van der Waals surface area contributed by atoms with Gasteiger partial charge in [-0.3, -0.25) is 0 Å². The van der Waals surface area contributed by atoms with Gasteiger partial charge in [0.1, 0.15) is 17.8 Å². The Hall–Kier alpha value is -2.24. The van der Waals surface area contributed by atoms with E-state index in [-0.39, 0.29) is 6.61 Å². The van der Waals surface area contributed by atoms with Gasteiger partial charge in [-0.1, -0.05) is 30.0 Å². The molecule has 0 radical (unpaired) electrons. The molecule has 0 aliphatic carbocycles. The van der Waals surface area contributed by atoms with E-state index in [1.165, 1.54) is 0 Å². The van der Waals surface area contributed by atoms with Crippen LogP contribution >= 0.6 is 0 Å². The quantitative estimate of drug-likeness (QED) is 0.593. The van der Waals surface area contributed by atoms with Crippen molar-refractivity contribution in [2.45, 2.75) is 0 Å². The summed E-state index contributed by atoms with van der Waals surface area (Å²) in [4.78, 5) is 0. The fourth-order valence-corrected chi connectivity index (χ4v) is 1.95. The largest absolute Gasteiger partial charge is 0.456 e. The number of aliphatic hydroxyl groups excluding tert-OH is 1. The van der Waals surface area contributed by atoms with E-state index in [9.17, 15) is 0 Å². The first-order chi connectivity index (χ1) is 8.38. The monoisotopic (exact) mass is 222 g/mol. The van der Waals surface area contributed by atoms with Gasteiger partial charge in [0.2, 0.25) is 0 Å². The molecule has 3 aromatic rings. The molecule has 0 saturated heterocycles. The molecule has 82 valence electrons. The Kier molecular flexibility index (Phi) is 2.32. The highest BCUT2D eigenvalue weighted by molar-refractivity contribution is 6.05. The van der Waals surface area contributed by atoms with Crippen molar-refractivity contribution < 1.29 is 9.52 Å². The molecule has 1 heterocycles. The van der Waals surface area contributed by atoms with Gasteiger partial charge in [-0.25, -0.2) is 0 Å².